The minimum atomic E-state index is 0.217. The molecule has 0 bridgehead atoms. The Labute approximate surface area is 127 Å². The van der Waals surface area contributed by atoms with E-state index in [-0.39, 0.29) is 6.04 Å². The summed E-state index contributed by atoms with van der Waals surface area (Å²) < 4.78 is 5.21. The number of rotatable bonds is 5. The van der Waals surface area contributed by atoms with Crippen LogP contribution in [0.4, 0.5) is 5.82 Å². The molecular formula is C16H17N3OS. The fraction of sp³-hybridized carbons (Fsp3) is 0.250. The Morgan fingerprint density at radius 2 is 2.00 bits per heavy atom. The summed E-state index contributed by atoms with van der Waals surface area (Å²) in [6.07, 6.45) is 2.59. The van der Waals surface area contributed by atoms with Crippen molar-refractivity contribution < 1.29 is 4.74 Å². The van der Waals surface area contributed by atoms with Gasteiger partial charge < -0.3 is 10.1 Å². The van der Waals surface area contributed by atoms with E-state index in [4.69, 9.17) is 4.74 Å². The summed E-state index contributed by atoms with van der Waals surface area (Å²) >= 11 is 1.63. The van der Waals surface area contributed by atoms with E-state index >= 15 is 0 Å². The van der Waals surface area contributed by atoms with Crippen LogP contribution in [0.25, 0.3) is 10.2 Å². The first kappa shape index (κ1) is 13.8. The molecule has 0 aliphatic heterocycles. The summed E-state index contributed by atoms with van der Waals surface area (Å²) in [6.45, 7) is 2.16. The van der Waals surface area contributed by atoms with Gasteiger partial charge in [-0.1, -0.05) is 19.1 Å². The maximum atomic E-state index is 5.21. The molecule has 3 aromatic rings. The highest BCUT2D eigenvalue weighted by Gasteiger charge is 2.12. The van der Waals surface area contributed by atoms with Crippen LogP contribution >= 0.6 is 11.3 Å². The first-order valence-electron chi connectivity index (χ1n) is 6.90. The Bertz CT molecular complexity index is 724. The van der Waals surface area contributed by atoms with Crippen molar-refractivity contribution in [1.29, 1.82) is 0 Å². The molecule has 0 aliphatic rings. The van der Waals surface area contributed by atoms with Crippen molar-refractivity contribution in [2.75, 3.05) is 12.4 Å². The zero-order chi connectivity index (χ0) is 14.7. The van der Waals surface area contributed by atoms with Crippen molar-refractivity contribution >= 4 is 27.4 Å². The molecule has 0 fully saturated rings. The van der Waals surface area contributed by atoms with Crippen LogP contribution in [0.5, 0.6) is 5.75 Å². The second kappa shape index (κ2) is 6.10. The van der Waals surface area contributed by atoms with Gasteiger partial charge in [0.05, 0.1) is 18.5 Å². The topological polar surface area (TPSA) is 47.0 Å². The van der Waals surface area contributed by atoms with Crippen molar-refractivity contribution in [3.63, 3.8) is 0 Å². The summed E-state index contributed by atoms with van der Waals surface area (Å²) in [4.78, 5) is 9.68. The van der Waals surface area contributed by atoms with Crippen LogP contribution in [-0.4, -0.2) is 17.1 Å². The van der Waals surface area contributed by atoms with Gasteiger partial charge in [-0.05, 0) is 35.6 Å². The quantitative estimate of drug-likeness (QED) is 0.764. The Hall–Kier alpha value is -2.14. The number of benzene rings is 1. The molecule has 0 unspecified atom stereocenters. The average molecular weight is 299 g/mol. The molecule has 1 atom stereocenters. The molecule has 4 nitrogen and oxygen atoms in total. The molecule has 0 amide bonds. The molecule has 0 radical (unpaired) electrons. The number of nitrogens with zero attached hydrogens (tertiary/aromatic N) is 2. The molecule has 1 aromatic carbocycles. The molecule has 0 saturated heterocycles. The van der Waals surface area contributed by atoms with Crippen LogP contribution in [-0.2, 0) is 0 Å². The number of nitrogens with one attached hydrogen (secondary N) is 1. The van der Waals surface area contributed by atoms with Gasteiger partial charge in [0.1, 0.15) is 22.7 Å². The third-order valence-corrected chi connectivity index (χ3v) is 4.32. The zero-order valence-corrected chi connectivity index (χ0v) is 12.9. The molecule has 0 spiro atoms. The van der Waals surface area contributed by atoms with Crippen molar-refractivity contribution in [2.45, 2.75) is 19.4 Å². The maximum absolute atomic E-state index is 5.21. The molecule has 1 N–H and O–H groups in total. The van der Waals surface area contributed by atoms with E-state index in [0.29, 0.717) is 0 Å². The van der Waals surface area contributed by atoms with Gasteiger partial charge in [0.2, 0.25) is 0 Å². The second-order valence-corrected chi connectivity index (χ2v) is 5.63. The minimum Gasteiger partial charge on any atom is -0.497 e. The molecule has 2 heterocycles. The number of ether oxygens (including phenoxy) is 1. The van der Waals surface area contributed by atoms with Crippen LogP contribution in [0, 0.1) is 0 Å². The lowest BCUT2D eigenvalue weighted by atomic mass is 10.0. The fourth-order valence-corrected chi connectivity index (χ4v) is 3.06. The molecule has 21 heavy (non-hydrogen) atoms. The lowest BCUT2D eigenvalue weighted by molar-refractivity contribution is 0.414. The summed E-state index contributed by atoms with van der Waals surface area (Å²) in [5, 5.41) is 6.65. The lowest BCUT2D eigenvalue weighted by Gasteiger charge is -2.18. The van der Waals surface area contributed by atoms with Crippen LogP contribution in [0.2, 0.25) is 0 Å². The highest BCUT2D eigenvalue weighted by molar-refractivity contribution is 7.16. The van der Waals surface area contributed by atoms with E-state index in [1.54, 1.807) is 24.8 Å². The zero-order valence-electron chi connectivity index (χ0n) is 12.0. The first-order chi connectivity index (χ1) is 10.3. The minimum absolute atomic E-state index is 0.217. The van der Waals surface area contributed by atoms with Crippen LogP contribution in [0.3, 0.4) is 0 Å². The maximum Gasteiger partial charge on any atom is 0.138 e. The van der Waals surface area contributed by atoms with E-state index < -0.39 is 0 Å². The molecule has 3 rings (SSSR count). The van der Waals surface area contributed by atoms with Crippen molar-refractivity contribution in [1.82, 2.24) is 9.97 Å². The Kier molecular flexibility index (Phi) is 4.01. The van der Waals surface area contributed by atoms with Crippen LogP contribution < -0.4 is 10.1 Å². The highest BCUT2D eigenvalue weighted by Crippen LogP contribution is 2.29. The number of hydrogen-bond donors (Lipinski definition) is 1. The smallest absolute Gasteiger partial charge is 0.138 e. The average Bonchev–Trinajstić information content (AvgIpc) is 3.02. The summed E-state index contributed by atoms with van der Waals surface area (Å²) in [5.74, 6) is 1.76. The molecular weight excluding hydrogens is 282 g/mol. The van der Waals surface area contributed by atoms with Gasteiger partial charge in [0, 0.05) is 0 Å². The van der Waals surface area contributed by atoms with Crippen molar-refractivity contribution in [3.8, 4) is 5.75 Å². The SMILES string of the molecule is CC[C@@H](Nc1ncnc2sccc12)c1ccc(OC)cc1. The predicted octanol–water partition coefficient (Wildman–Crippen LogP) is 4.26. The van der Waals surface area contributed by atoms with E-state index in [1.807, 2.05) is 17.5 Å². The van der Waals surface area contributed by atoms with Gasteiger partial charge in [-0.2, -0.15) is 0 Å². The standard InChI is InChI=1S/C16H17N3OS/c1-3-14(11-4-6-12(20-2)7-5-11)19-15-13-8-9-21-16(13)18-10-17-15/h4-10,14H,3H2,1-2H3,(H,17,18,19)/t14-/m1/s1. The Morgan fingerprint density at radius 1 is 1.19 bits per heavy atom. The third kappa shape index (κ3) is 2.83. The number of aromatic nitrogens is 2. The number of hydrogen-bond acceptors (Lipinski definition) is 5. The monoisotopic (exact) mass is 299 g/mol. The van der Waals surface area contributed by atoms with E-state index in [0.717, 1.165) is 28.2 Å². The fourth-order valence-electron chi connectivity index (χ4n) is 2.33. The van der Waals surface area contributed by atoms with Gasteiger partial charge in [-0.25, -0.2) is 9.97 Å². The van der Waals surface area contributed by atoms with Crippen LogP contribution in [0.1, 0.15) is 24.9 Å². The second-order valence-electron chi connectivity index (χ2n) is 4.74. The lowest BCUT2D eigenvalue weighted by Crippen LogP contribution is -2.11. The molecule has 0 aliphatic carbocycles. The van der Waals surface area contributed by atoms with E-state index in [1.165, 1.54) is 5.56 Å². The summed E-state index contributed by atoms with van der Waals surface area (Å²) in [6, 6.07) is 10.4. The van der Waals surface area contributed by atoms with Crippen LogP contribution in [0.15, 0.2) is 42.0 Å². The van der Waals surface area contributed by atoms with Gasteiger partial charge in [0.15, 0.2) is 0 Å². The third-order valence-electron chi connectivity index (χ3n) is 3.50. The Balaban J connectivity index is 1.88. The predicted molar refractivity (Wildman–Crippen MR) is 87.1 cm³/mol. The molecule has 5 heteroatoms. The highest BCUT2D eigenvalue weighted by atomic mass is 32.1. The van der Waals surface area contributed by atoms with Gasteiger partial charge >= 0.3 is 0 Å². The van der Waals surface area contributed by atoms with Crippen molar-refractivity contribution in [3.05, 3.63) is 47.6 Å². The van der Waals surface area contributed by atoms with E-state index in [2.05, 4.69) is 40.4 Å². The molecule has 0 saturated carbocycles. The van der Waals surface area contributed by atoms with Crippen molar-refractivity contribution in [2.24, 2.45) is 0 Å². The Morgan fingerprint density at radius 3 is 2.71 bits per heavy atom. The number of methoxy groups -OCH3 is 1. The van der Waals surface area contributed by atoms with Gasteiger partial charge in [-0.15, -0.1) is 11.3 Å². The largest absolute Gasteiger partial charge is 0.497 e. The van der Waals surface area contributed by atoms with Gasteiger partial charge in [-0.3, -0.25) is 0 Å². The molecule has 2 aromatic heterocycles. The number of thiophene rings is 1. The summed E-state index contributed by atoms with van der Waals surface area (Å²) in [5.41, 5.74) is 1.22. The van der Waals surface area contributed by atoms with E-state index in [9.17, 15) is 0 Å². The number of anilines is 1. The number of fused-ring (bicyclic) bond motifs is 1. The van der Waals surface area contributed by atoms with Gasteiger partial charge in [0.25, 0.3) is 0 Å². The molecule has 108 valence electrons. The first-order valence-corrected chi connectivity index (χ1v) is 7.78. The summed E-state index contributed by atoms with van der Waals surface area (Å²) in [7, 11) is 1.68. The normalized spacial score (nSPS) is 12.3.